The second-order valence-corrected chi connectivity index (χ2v) is 7.05. The molecule has 4 unspecified atom stereocenters. The molecular weight excluding hydrogens is 277 g/mol. The summed E-state index contributed by atoms with van der Waals surface area (Å²) in [6.45, 7) is 3.51. The molecule has 0 aromatic heterocycles. The summed E-state index contributed by atoms with van der Waals surface area (Å²) in [5, 5.41) is 6.71. The van der Waals surface area contributed by atoms with Crippen molar-refractivity contribution in [2.75, 3.05) is 27.2 Å². The van der Waals surface area contributed by atoms with Gasteiger partial charge in [-0.05, 0) is 33.9 Å². The molecule has 2 N–H and O–H groups in total. The molecule has 0 aromatic rings. The van der Waals surface area contributed by atoms with Crippen LogP contribution in [-0.4, -0.2) is 94.9 Å². The lowest BCUT2D eigenvalue weighted by atomic mass is 9.27. The second kappa shape index (κ2) is 7.19. The monoisotopic (exact) mass is 304 g/mol. The third kappa shape index (κ3) is 3.75. The molecule has 0 aromatic carbocycles. The van der Waals surface area contributed by atoms with Gasteiger partial charge in [0.15, 0.2) is 5.78 Å². The number of likely N-dealkylation sites (tertiary alicyclic amines) is 2. The molecule has 2 aliphatic heterocycles. The first-order valence-electron chi connectivity index (χ1n) is 8.28. The molecule has 6 nitrogen and oxygen atoms in total. The Kier molecular flexibility index (Phi) is 5.74. The van der Waals surface area contributed by atoms with Crippen molar-refractivity contribution in [3.63, 3.8) is 0 Å². The summed E-state index contributed by atoms with van der Waals surface area (Å²) in [5.74, 6) is 0.192. The maximum absolute atomic E-state index is 12.9. The maximum atomic E-state index is 12.9. The normalized spacial score (nSPS) is 32.4. The minimum atomic E-state index is -0.268. The van der Waals surface area contributed by atoms with Crippen molar-refractivity contribution < 1.29 is 9.59 Å². The van der Waals surface area contributed by atoms with Gasteiger partial charge in [0, 0.05) is 25.2 Å². The Morgan fingerprint density at radius 1 is 1.14 bits per heavy atom. The van der Waals surface area contributed by atoms with Gasteiger partial charge in [-0.25, -0.2) is 0 Å². The van der Waals surface area contributed by atoms with Crippen LogP contribution < -0.4 is 10.5 Å². The van der Waals surface area contributed by atoms with Gasteiger partial charge in [-0.15, -0.1) is 0 Å². The molecule has 0 radical (unpaired) electrons. The molecule has 4 atom stereocenters. The Morgan fingerprint density at radius 2 is 1.77 bits per heavy atom. The van der Waals surface area contributed by atoms with Crippen LogP contribution in [-0.2, 0) is 9.59 Å². The molecule has 2 aliphatic rings. The Labute approximate surface area is 135 Å². The molecule has 2 fully saturated rings. The lowest BCUT2D eigenvalue weighted by Crippen LogP contribution is -2.48. The number of likely N-dealkylation sites (N-methyl/N-ethyl adjacent to an activating group) is 2. The summed E-state index contributed by atoms with van der Waals surface area (Å²) in [5.41, 5.74) is 0. The SMILES string of the molecule is BB(B)NC1CC(C(=O)N2CC(NC)CC2C(C)=O)N(C)C1. The molecule has 0 bridgehead atoms. The summed E-state index contributed by atoms with van der Waals surface area (Å²) in [6, 6.07) is 0.177. The summed E-state index contributed by atoms with van der Waals surface area (Å²) in [7, 11) is 8.14. The predicted molar refractivity (Wildman–Crippen MR) is 94.4 cm³/mol. The molecule has 9 heteroatoms. The van der Waals surface area contributed by atoms with Crippen LogP contribution in [0, 0.1) is 0 Å². The van der Waals surface area contributed by atoms with E-state index in [1.165, 1.54) is 0 Å². The molecule has 2 rings (SSSR count). The fourth-order valence-corrected chi connectivity index (χ4v) is 3.75. The van der Waals surface area contributed by atoms with E-state index in [0.29, 0.717) is 19.2 Å². The van der Waals surface area contributed by atoms with Crippen molar-refractivity contribution in [2.45, 2.75) is 43.9 Å². The number of Topliss-reactive ketones (excluding diaryl/α,β-unsaturated/α-hetero) is 1. The van der Waals surface area contributed by atoms with Gasteiger partial charge in [-0.1, -0.05) is 0 Å². The van der Waals surface area contributed by atoms with Crippen LogP contribution in [0.3, 0.4) is 0 Å². The Balaban J connectivity index is 2.05. The Morgan fingerprint density at radius 3 is 2.32 bits per heavy atom. The van der Waals surface area contributed by atoms with Gasteiger partial charge in [0.2, 0.25) is 5.91 Å². The number of carbonyl (C=O) groups is 2. The summed E-state index contributed by atoms with van der Waals surface area (Å²) < 4.78 is 0. The average molecular weight is 304 g/mol. The van der Waals surface area contributed by atoms with Crippen LogP contribution >= 0.6 is 0 Å². The third-order valence-corrected chi connectivity index (χ3v) is 4.86. The van der Waals surface area contributed by atoms with Crippen molar-refractivity contribution in [1.82, 2.24) is 20.3 Å². The van der Waals surface area contributed by atoms with Gasteiger partial charge in [0.1, 0.15) is 6.63 Å². The number of rotatable bonds is 5. The molecule has 1 amide bonds. The molecular formula is C13H27B3N4O2. The van der Waals surface area contributed by atoms with Gasteiger partial charge in [0.05, 0.1) is 27.6 Å². The van der Waals surface area contributed by atoms with Crippen molar-refractivity contribution in [3.05, 3.63) is 0 Å². The highest BCUT2D eigenvalue weighted by atomic mass is 16.2. The van der Waals surface area contributed by atoms with Gasteiger partial charge in [-0.3, -0.25) is 14.5 Å². The van der Waals surface area contributed by atoms with E-state index in [4.69, 9.17) is 0 Å². The van der Waals surface area contributed by atoms with E-state index in [1.54, 1.807) is 11.8 Å². The smallest absolute Gasteiger partial charge is 0.240 e. The van der Waals surface area contributed by atoms with E-state index in [-0.39, 0.29) is 29.8 Å². The highest BCUT2D eigenvalue weighted by Gasteiger charge is 2.43. The largest absolute Gasteiger partial charge is 0.366 e. The van der Waals surface area contributed by atoms with Gasteiger partial charge in [0.25, 0.3) is 0 Å². The number of hydrogen-bond donors (Lipinski definition) is 2. The van der Waals surface area contributed by atoms with E-state index in [1.807, 2.05) is 14.1 Å². The van der Waals surface area contributed by atoms with E-state index in [9.17, 15) is 9.59 Å². The third-order valence-electron chi connectivity index (χ3n) is 4.86. The molecule has 22 heavy (non-hydrogen) atoms. The second-order valence-electron chi connectivity index (χ2n) is 7.05. The van der Waals surface area contributed by atoms with E-state index < -0.39 is 0 Å². The van der Waals surface area contributed by atoms with E-state index >= 15 is 0 Å². The number of carbonyl (C=O) groups excluding carboxylic acids is 2. The van der Waals surface area contributed by atoms with Crippen molar-refractivity contribution in [1.29, 1.82) is 0 Å². The Hall–Kier alpha value is -0.785. The topological polar surface area (TPSA) is 64.7 Å². The van der Waals surface area contributed by atoms with Crippen molar-refractivity contribution >= 4 is 33.8 Å². The van der Waals surface area contributed by atoms with Gasteiger partial charge < -0.3 is 15.4 Å². The first kappa shape index (κ1) is 17.6. The standard InChI is InChI=1S/C13H27B3N4O2/c1-8(21)11-4-9(17-2)7-20(11)13(22)12-5-10(6-19(12)3)18-16(14)15/h9-12,17-18H,4-7,14-15H2,1-3H3. The zero-order chi connectivity index (χ0) is 16.4. The number of amides is 1. The molecule has 120 valence electrons. The number of ketones is 1. The fourth-order valence-electron chi connectivity index (χ4n) is 3.75. The summed E-state index contributed by atoms with van der Waals surface area (Å²) in [6.07, 6.45) is 1.54. The van der Waals surface area contributed by atoms with Crippen LogP contribution in [0.25, 0.3) is 0 Å². The highest BCUT2D eigenvalue weighted by Crippen LogP contribution is 2.24. The van der Waals surface area contributed by atoms with Gasteiger partial charge >= 0.3 is 0 Å². The number of nitrogens with one attached hydrogen (secondary N) is 2. The Bertz CT molecular complexity index is 438. The number of nitrogens with zero attached hydrogens (tertiary/aromatic N) is 2. The van der Waals surface area contributed by atoms with Crippen LogP contribution in [0.15, 0.2) is 0 Å². The summed E-state index contributed by atoms with van der Waals surface area (Å²) >= 11 is 0. The van der Waals surface area contributed by atoms with Crippen LogP contribution in [0.2, 0.25) is 0 Å². The maximum Gasteiger partial charge on any atom is 0.240 e. The van der Waals surface area contributed by atoms with Crippen LogP contribution in [0.4, 0.5) is 0 Å². The van der Waals surface area contributed by atoms with Gasteiger partial charge in [-0.2, -0.15) is 0 Å². The predicted octanol–water partition coefficient (Wildman–Crippen LogP) is -3.32. The molecule has 0 saturated carbocycles. The molecule has 0 spiro atoms. The molecule has 2 saturated heterocycles. The van der Waals surface area contributed by atoms with Crippen molar-refractivity contribution in [2.24, 2.45) is 0 Å². The highest BCUT2D eigenvalue weighted by molar-refractivity contribution is 7.28. The fraction of sp³-hybridized carbons (Fsp3) is 0.846. The minimum Gasteiger partial charge on any atom is -0.366 e. The van der Waals surface area contributed by atoms with Crippen LogP contribution in [0.1, 0.15) is 19.8 Å². The lowest BCUT2D eigenvalue weighted by Gasteiger charge is -2.28. The van der Waals surface area contributed by atoms with E-state index in [0.717, 1.165) is 19.4 Å². The first-order valence-corrected chi connectivity index (χ1v) is 8.28. The van der Waals surface area contributed by atoms with E-state index in [2.05, 4.69) is 30.9 Å². The van der Waals surface area contributed by atoms with Crippen LogP contribution in [0.5, 0.6) is 0 Å². The number of hydrogen-bond acceptors (Lipinski definition) is 5. The summed E-state index contributed by atoms with van der Waals surface area (Å²) in [4.78, 5) is 28.7. The quantitative estimate of drug-likeness (QED) is 0.521. The molecule has 2 heterocycles. The molecule has 0 aliphatic carbocycles. The zero-order valence-electron chi connectivity index (χ0n) is 14.4. The first-order chi connectivity index (χ1) is 10.3. The average Bonchev–Trinajstić information content (AvgIpc) is 3.01. The van der Waals surface area contributed by atoms with Crippen molar-refractivity contribution in [3.8, 4) is 0 Å². The lowest BCUT2D eigenvalue weighted by molar-refractivity contribution is -0.140. The minimum absolute atomic E-state index is 0.0867. The zero-order valence-corrected chi connectivity index (χ0v) is 14.4.